The summed E-state index contributed by atoms with van der Waals surface area (Å²) in [6, 6.07) is 0.0456. The average molecular weight is 285 g/mol. The van der Waals surface area contributed by atoms with Gasteiger partial charge in [0.25, 0.3) is 5.56 Å². The van der Waals surface area contributed by atoms with E-state index in [0.717, 1.165) is 6.42 Å². The molecule has 0 saturated carbocycles. The highest BCUT2D eigenvalue weighted by Crippen LogP contribution is 2.17. The number of nitrogens with one attached hydrogen (secondary N) is 2. The molecule has 2 N–H and O–H groups in total. The molecule has 0 aliphatic carbocycles. The Morgan fingerprint density at radius 2 is 2.32 bits per heavy atom. The summed E-state index contributed by atoms with van der Waals surface area (Å²) in [5, 5.41) is 10.1. The van der Waals surface area contributed by atoms with Crippen molar-refractivity contribution < 1.29 is 4.79 Å². The number of carbonyl (C=O) groups is 1. The Balaban J connectivity index is 2.07. The van der Waals surface area contributed by atoms with Crippen LogP contribution in [0.1, 0.15) is 32.7 Å². The molecule has 1 saturated heterocycles. The minimum Gasteiger partial charge on any atom is -0.380 e. The van der Waals surface area contributed by atoms with Crippen LogP contribution in [0.4, 0.5) is 5.69 Å². The van der Waals surface area contributed by atoms with Crippen LogP contribution >= 0.6 is 11.6 Å². The number of hydrogen-bond donors (Lipinski definition) is 2. The van der Waals surface area contributed by atoms with Crippen molar-refractivity contribution in [2.45, 2.75) is 38.8 Å². The molecule has 2 rings (SSSR count). The summed E-state index contributed by atoms with van der Waals surface area (Å²) in [4.78, 5) is 23.0. The van der Waals surface area contributed by atoms with Gasteiger partial charge in [0, 0.05) is 19.0 Å². The van der Waals surface area contributed by atoms with Crippen LogP contribution < -0.4 is 16.2 Å². The van der Waals surface area contributed by atoms with E-state index in [4.69, 9.17) is 11.6 Å². The van der Waals surface area contributed by atoms with Crippen LogP contribution in [0.2, 0.25) is 5.02 Å². The molecular weight excluding hydrogens is 268 g/mol. The molecule has 1 unspecified atom stereocenters. The molecule has 1 aliphatic heterocycles. The monoisotopic (exact) mass is 284 g/mol. The molecule has 1 fully saturated rings. The lowest BCUT2D eigenvalue weighted by Crippen LogP contribution is -2.32. The van der Waals surface area contributed by atoms with Gasteiger partial charge >= 0.3 is 0 Å². The van der Waals surface area contributed by atoms with E-state index in [1.54, 1.807) is 6.20 Å². The zero-order valence-corrected chi connectivity index (χ0v) is 11.7. The van der Waals surface area contributed by atoms with E-state index in [1.807, 2.05) is 13.8 Å². The van der Waals surface area contributed by atoms with Crippen molar-refractivity contribution in [1.82, 2.24) is 15.1 Å². The van der Waals surface area contributed by atoms with Gasteiger partial charge in [-0.3, -0.25) is 9.59 Å². The first-order valence-electron chi connectivity index (χ1n) is 6.29. The minimum absolute atomic E-state index is 0.0341. The van der Waals surface area contributed by atoms with Crippen molar-refractivity contribution >= 4 is 23.2 Å². The van der Waals surface area contributed by atoms with Crippen LogP contribution in [0, 0.1) is 0 Å². The maximum atomic E-state index is 11.9. The molecule has 19 heavy (non-hydrogen) atoms. The summed E-state index contributed by atoms with van der Waals surface area (Å²) in [7, 11) is 0. The summed E-state index contributed by atoms with van der Waals surface area (Å²) in [6.45, 7) is 4.27. The van der Waals surface area contributed by atoms with Crippen molar-refractivity contribution in [2.24, 2.45) is 0 Å². The first-order chi connectivity index (χ1) is 8.99. The van der Waals surface area contributed by atoms with Gasteiger partial charge in [0.15, 0.2) is 0 Å². The topological polar surface area (TPSA) is 76.0 Å². The lowest BCUT2D eigenvalue weighted by atomic mass is 10.2. The highest BCUT2D eigenvalue weighted by Gasteiger charge is 2.21. The smallest absolute Gasteiger partial charge is 0.287 e. The van der Waals surface area contributed by atoms with Gasteiger partial charge in [-0.05, 0) is 20.3 Å². The first kappa shape index (κ1) is 13.9. The first-order valence-corrected chi connectivity index (χ1v) is 6.67. The molecule has 0 spiro atoms. The highest BCUT2D eigenvalue weighted by molar-refractivity contribution is 6.32. The van der Waals surface area contributed by atoms with E-state index >= 15 is 0 Å². The molecule has 1 aliphatic rings. The summed E-state index contributed by atoms with van der Waals surface area (Å²) < 4.78 is 1.34. The number of amides is 1. The van der Waals surface area contributed by atoms with Gasteiger partial charge in [-0.25, -0.2) is 4.68 Å². The Hall–Kier alpha value is -1.56. The molecular formula is C12H17ClN4O2. The summed E-state index contributed by atoms with van der Waals surface area (Å²) in [5.41, 5.74) is 0.196. The van der Waals surface area contributed by atoms with Crippen LogP contribution in [0.15, 0.2) is 11.0 Å². The number of hydrogen-bond acceptors (Lipinski definition) is 4. The molecule has 7 heteroatoms. The van der Waals surface area contributed by atoms with Crippen LogP contribution in [0.5, 0.6) is 0 Å². The molecule has 1 aromatic heterocycles. The molecule has 6 nitrogen and oxygen atoms in total. The predicted octanol–water partition coefficient (Wildman–Crippen LogP) is 1.17. The van der Waals surface area contributed by atoms with Gasteiger partial charge in [-0.2, -0.15) is 5.10 Å². The van der Waals surface area contributed by atoms with E-state index in [1.165, 1.54) is 4.68 Å². The Morgan fingerprint density at radius 1 is 1.58 bits per heavy atom. The number of anilines is 1. The Kier molecular flexibility index (Phi) is 4.09. The number of carbonyl (C=O) groups excluding carboxylic acids is 1. The van der Waals surface area contributed by atoms with Crippen molar-refractivity contribution in [3.8, 4) is 0 Å². The third-order valence-electron chi connectivity index (χ3n) is 3.06. The number of halogens is 1. The lowest BCUT2D eigenvalue weighted by Gasteiger charge is -2.14. The largest absolute Gasteiger partial charge is 0.380 e. The van der Waals surface area contributed by atoms with E-state index in [2.05, 4.69) is 15.7 Å². The van der Waals surface area contributed by atoms with Gasteiger partial charge in [0.1, 0.15) is 5.02 Å². The van der Waals surface area contributed by atoms with Gasteiger partial charge in [0.2, 0.25) is 5.91 Å². The van der Waals surface area contributed by atoms with E-state index in [9.17, 15) is 9.59 Å². The average Bonchev–Trinajstić information content (AvgIpc) is 2.76. The Labute approximate surface area is 116 Å². The molecule has 0 radical (unpaired) electrons. The van der Waals surface area contributed by atoms with E-state index in [0.29, 0.717) is 18.7 Å². The third-order valence-corrected chi connectivity index (χ3v) is 3.42. The normalized spacial score (nSPS) is 18.7. The molecule has 2 heterocycles. The van der Waals surface area contributed by atoms with Crippen LogP contribution in [-0.4, -0.2) is 28.3 Å². The highest BCUT2D eigenvalue weighted by atomic mass is 35.5. The molecule has 0 aromatic carbocycles. The van der Waals surface area contributed by atoms with Gasteiger partial charge in [-0.1, -0.05) is 11.6 Å². The summed E-state index contributed by atoms with van der Waals surface area (Å²) in [6.07, 6.45) is 2.88. The molecule has 1 atom stereocenters. The fourth-order valence-corrected chi connectivity index (χ4v) is 2.20. The maximum Gasteiger partial charge on any atom is 0.287 e. The summed E-state index contributed by atoms with van der Waals surface area (Å²) >= 11 is 6.03. The zero-order chi connectivity index (χ0) is 14.0. The van der Waals surface area contributed by atoms with Crippen molar-refractivity contribution in [3.05, 3.63) is 21.6 Å². The minimum atomic E-state index is -0.308. The second kappa shape index (κ2) is 5.61. The molecule has 1 amide bonds. The Morgan fingerprint density at radius 3 is 2.89 bits per heavy atom. The summed E-state index contributed by atoms with van der Waals surface area (Å²) in [5.74, 6) is 0.0613. The second-order valence-electron chi connectivity index (χ2n) is 4.90. The molecule has 104 valence electrons. The van der Waals surface area contributed by atoms with Crippen LogP contribution in [0.3, 0.4) is 0 Å². The molecule has 0 bridgehead atoms. The fraction of sp³-hybridized carbons (Fsp3) is 0.583. The zero-order valence-electron chi connectivity index (χ0n) is 10.9. The van der Waals surface area contributed by atoms with Crippen LogP contribution in [0.25, 0.3) is 0 Å². The van der Waals surface area contributed by atoms with Crippen molar-refractivity contribution in [1.29, 1.82) is 0 Å². The predicted molar refractivity (Wildman–Crippen MR) is 73.5 cm³/mol. The van der Waals surface area contributed by atoms with Gasteiger partial charge in [-0.15, -0.1) is 0 Å². The van der Waals surface area contributed by atoms with Crippen molar-refractivity contribution in [2.75, 3.05) is 11.9 Å². The fourth-order valence-electron chi connectivity index (χ4n) is 2.00. The quantitative estimate of drug-likeness (QED) is 0.870. The van der Waals surface area contributed by atoms with E-state index in [-0.39, 0.29) is 28.6 Å². The maximum absolute atomic E-state index is 11.9. The number of nitrogens with zero attached hydrogens (tertiary/aromatic N) is 2. The van der Waals surface area contributed by atoms with E-state index < -0.39 is 0 Å². The third kappa shape index (κ3) is 3.07. The second-order valence-corrected chi connectivity index (χ2v) is 5.28. The number of aromatic nitrogens is 2. The standard InChI is InChI=1S/C12H17ClN4O2/c1-7(2)17-12(19)11(13)9(6-15-17)14-5-8-3-4-10(18)16-8/h6-8,14H,3-5H2,1-2H3,(H,16,18). The SMILES string of the molecule is CC(C)n1ncc(NCC2CCC(=O)N2)c(Cl)c1=O. The van der Waals surface area contributed by atoms with Gasteiger partial charge in [0.05, 0.1) is 17.9 Å². The lowest BCUT2D eigenvalue weighted by molar-refractivity contribution is -0.119. The number of rotatable bonds is 4. The van der Waals surface area contributed by atoms with Gasteiger partial charge < -0.3 is 10.6 Å². The molecule has 1 aromatic rings. The van der Waals surface area contributed by atoms with Crippen molar-refractivity contribution in [3.63, 3.8) is 0 Å². The van der Waals surface area contributed by atoms with Crippen LogP contribution in [-0.2, 0) is 4.79 Å². The Bertz CT molecular complexity index is 541.